The average Bonchev–Trinajstić information content (AvgIpc) is 2.85. The molecular formula is C15H22BrN5O2. The fourth-order valence-electron chi connectivity index (χ4n) is 2.83. The zero-order chi connectivity index (χ0) is 16.4. The topological polar surface area (TPSA) is 88.1 Å². The third kappa shape index (κ3) is 3.42. The third-order valence-corrected chi connectivity index (χ3v) is 4.51. The van der Waals surface area contributed by atoms with Crippen LogP contribution in [0, 0.1) is 0 Å². The highest BCUT2D eigenvalue weighted by atomic mass is 79.9. The van der Waals surface area contributed by atoms with E-state index in [-0.39, 0.29) is 12.3 Å². The average molecular weight is 384 g/mol. The molecular weight excluding hydrogens is 362 g/mol. The van der Waals surface area contributed by atoms with Gasteiger partial charge >= 0.3 is 6.01 Å². The molecule has 0 aliphatic carbocycles. The van der Waals surface area contributed by atoms with Crippen molar-refractivity contribution in [3.8, 4) is 6.01 Å². The Balaban J connectivity index is 1.99. The number of aromatic nitrogens is 4. The Morgan fingerprint density at radius 1 is 1.39 bits per heavy atom. The van der Waals surface area contributed by atoms with Crippen LogP contribution in [0.15, 0.2) is 4.73 Å². The van der Waals surface area contributed by atoms with Crippen LogP contribution in [0.5, 0.6) is 6.01 Å². The van der Waals surface area contributed by atoms with Gasteiger partial charge in [0.2, 0.25) is 0 Å². The summed E-state index contributed by atoms with van der Waals surface area (Å²) in [5, 5.41) is 0. The number of nitrogen functional groups attached to an aromatic ring is 1. The van der Waals surface area contributed by atoms with E-state index < -0.39 is 0 Å². The lowest BCUT2D eigenvalue weighted by atomic mass is 10.2. The number of nitrogens with two attached hydrogens (primary N) is 1. The molecule has 23 heavy (non-hydrogen) atoms. The van der Waals surface area contributed by atoms with E-state index in [1.165, 1.54) is 0 Å². The van der Waals surface area contributed by atoms with Crippen molar-refractivity contribution in [1.82, 2.24) is 19.5 Å². The maximum absolute atomic E-state index is 6.05. The second-order valence-corrected chi connectivity index (χ2v) is 6.56. The summed E-state index contributed by atoms with van der Waals surface area (Å²) in [5.41, 5.74) is 7.27. The Morgan fingerprint density at radius 3 is 2.91 bits per heavy atom. The van der Waals surface area contributed by atoms with Crippen LogP contribution in [-0.4, -0.2) is 32.2 Å². The molecule has 0 saturated carbocycles. The lowest BCUT2D eigenvalue weighted by Gasteiger charge is -2.24. The summed E-state index contributed by atoms with van der Waals surface area (Å²) in [7, 11) is 0. The summed E-state index contributed by atoms with van der Waals surface area (Å²) in [6, 6.07) is 0.292. The van der Waals surface area contributed by atoms with Gasteiger partial charge in [-0.3, -0.25) is 4.57 Å². The van der Waals surface area contributed by atoms with E-state index in [1.54, 1.807) is 0 Å². The molecule has 126 valence electrons. The van der Waals surface area contributed by atoms with E-state index in [0.29, 0.717) is 27.7 Å². The first-order valence-electron chi connectivity index (χ1n) is 8.09. The van der Waals surface area contributed by atoms with Crippen molar-refractivity contribution in [2.45, 2.75) is 58.3 Å². The summed E-state index contributed by atoms with van der Waals surface area (Å²) in [6.07, 6.45) is 5.07. The Bertz CT molecular complexity index is 684. The minimum Gasteiger partial charge on any atom is -0.460 e. The second kappa shape index (κ2) is 7.00. The first-order chi connectivity index (χ1) is 11.1. The van der Waals surface area contributed by atoms with Crippen molar-refractivity contribution in [1.29, 1.82) is 0 Å². The van der Waals surface area contributed by atoms with Crippen LogP contribution in [0.1, 0.15) is 52.2 Å². The molecule has 0 spiro atoms. The van der Waals surface area contributed by atoms with Gasteiger partial charge in [0.05, 0.1) is 6.10 Å². The van der Waals surface area contributed by atoms with Crippen molar-refractivity contribution in [3.63, 3.8) is 0 Å². The number of rotatable bonds is 5. The number of imidazole rings is 1. The van der Waals surface area contributed by atoms with Crippen molar-refractivity contribution < 1.29 is 9.47 Å². The van der Waals surface area contributed by atoms with Crippen LogP contribution >= 0.6 is 15.9 Å². The van der Waals surface area contributed by atoms with Gasteiger partial charge < -0.3 is 15.2 Å². The molecule has 2 atom stereocenters. The highest BCUT2D eigenvalue weighted by molar-refractivity contribution is 9.10. The van der Waals surface area contributed by atoms with Crippen LogP contribution in [0.4, 0.5) is 5.82 Å². The molecule has 7 nitrogen and oxygen atoms in total. The van der Waals surface area contributed by atoms with Gasteiger partial charge in [-0.1, -0.05) is 13.3 Å². The van der Waals surface area contributed by atoms with Crippen LogP contribution in [-0.2, 0) is 4.74 Å². The molecule has 1 aliphatic heterocycles. The van der Waals surface area contributed by atoms with Crippen LogP contribution < -0.4 is 10.5 Å². The lowest BCUT2D eigenvalue weighted by molar-refractivity contribution is -0.0311. The number of anilines is 1. The number of fused-ring (bicyclic) bond motifs is 1. The summed E-state index contributed by atoms with van der Waals surface area (Å²) in [5.74, 6) is 0.323. The summed E-state index contributed by atoms with van der Waals surface area (Å²) >= 11 is 3.49. The zero-order valence-electron chi connectivity index (χ0n) is 13.5. The number of hydrogen-bond donors (Lipinski definition) is 1. The highest BCUT2D eigenvalue weighted by Crippen LogP contribution is 2.32. The van der Waals surface area contributed by atoms with Crippen LogP contribution in [0.25, 0.3) is 11.2 Å². The second-order valence-electron chi connectivity index (χ2n) is 5.85. The van der Waals surface area contributed by atoms with Gasteiger partial charge in [0.15, 0.2) is 21.7 Å². The molecule has 1 unspecified atom stereocenters. The standard InChI is InChI=1S/C15H22BrN5O2/c1-3-6-9(2)23-15-19-12(17)11-13(20-15)21(14(16)18-11)10-7-4-5-8-22-10/h9-10H,3-8H2,1-2H3,(H2,17,19,20)/t9-,10?/m1/s1. The molecule has 0 aromatic carbocycles. The number of nitrogens with zero attached hydrogens (tertiary/aromatic N) is 4. The molecule has 0 radical (unpaired) electrons. The maximum Gasteiger partial charge on any atom is 0.320 e. The fourth-order valence-corrected chi connectivity index (χ4v) is 3.40. The normalized spacial score (nSPS) is 19.9. The summed E-state index contributed by atoms with van der Waals surface area (Å²) in [4.78, 5) is 13.2. The van der Waals surface area contributed by atoms with Gasteiger partial charge in [-0.05, 0) is 48.5 Å². The molecule has 0 amide bonds. The molecule has 2 aromatic rings. The van der Waals surface area contributed by atoms with Gasteiger partial charge in [0.1, 0.15) is 6.23 Å². The third-order valence-electron chi connectivity index (χ3n) is 3.95. The fraction of sp³-hybridized carbons (Fsp3) is 0.667. The van der Waals surface area contributed by atoms with E-state index in [0.717, 1.165) is 38.7 Å². The molecule has 8 heteroatoms. The van der Waals surface area contributed by atoms with E-state index in [4.69, 9.17) is 15.2 Å². The summed E-state index contributed by atoms with van der Waals surface area (Å²) < 4.78 is 14.2. The molecule has 1 fully saturated rings. The molecule has 1 saturated heterocycles. The van der Waals surface area contributed by atoms with Crippen molar-refractivity contribution >= 4 is 32.9 Å². The Kier molecular flexibility index (Phi) is 5.01. The number of halogens is 1. The van der Waals surface area contributed by atoms with Crippen molar-refractivity contribution in [2.24, 2.45) is 0 Å². The lowest BCUT2D eigenvalue weighted by Crippen LogP contribution is -2.19. The zero-order valence-corrected chi connectivity index (χ0v) is 15.0. The molecule has 3 rings (SSSR count). The molecule has 0 bridgehead atoms. The van der Waals surface area contributed by atoms with Crippen LogP contribution in [0.3, 0.4) is 0 Å². The molecule has 2 N–H and O–H groups in total. The predicted octanol–water partition coefficient (Wildman–Crippen LogP) is 3.44. The van der Waals surface area contributed by atoms with Gasteiger partial charge in [0, 0.05) is 6.61 Å². The monoisotopic (exact) mass is 383 g/mol. The SMILES string of the molecule is CCC[C@@H](C)Oc1nc(N)c2nc(Br)n(C3CCCCO3)c2n1. The maximum atomic E-state index is 6.05. The smallest absolute Gasteiger partial charge is 0.320 e. The molecule has 2 aromatic heterocycles. The van der Waals surface area contributed by atoms with Gasteiger partial charge in [-0.25, -0.2) is 4.98 Å². The van der Waals surface area contributed by atoms with E-state index >= 15 is 0 Å². The number of ether oxygens (including phenoxy) is 2. The molecule has 1 aliphatic rings. The van der Waals surface area contributed by atoms with Crippen LogP contribution in [0.2, 0.25) is 0 Å². The van der Waals surface area contributed by atoms with Crippen molar-refractivity contribution in [2.75, 3.05) is 12.3 Å². The largest absolute Gasteiger partial charge is 0.460 e. The van der Waals surface area contributed by atoms with Gasteiger partial charge in [-0.2, -0.15) is 9.97 Å². The minimum atomic E-state index is -0.0849. The first-order valence-corrected chi connectivity index (χ1v) is 8.88. The first kappa shape index (κ1) is 16.4. The Hall–Kier alpha value is -1.41. The van der Waals surface area contributed by atoms with E-state index in [9.17, 15) is 0 Å². The Labute approximate surface area is 143 Å². The summed E-state index contributed by atoms with van der Waals surface area (Å²) in [6.45, 7) is 4.86. The number of hydrogen-bond acceptors (Lipinski definition) is 6. The van der Waals surface area contributed by atoms with Gasteiger partial charge in [0.25, 0.3) is 0 Å². The van der Waals surface area contributed by atoms with Crippen molar-refractivity contribution in [3.05, 3.63) is 4.73 Å². The minimum absolute atomic E-state index is 0.0441. The van der Waals surface area contributed by atoms with Gasteiger partial charge in [-0.15, -0.1) is 0 Å². The highest BCUT2D eigenvalue weighted by Gasteiger charge is 2.24. The predicted molar refractivity (Wildman–Crippen MR) is 91.3 cm³/mol. The molecule has 3 heterocycles. The quantitative estimate of drug-likeness (QED) is 0.795. The van der Waals surface area contributed by atoms with E-state index in [1.807, 2.05) is 11.5 Å². The van der Waals surface area contributed by atoms with E-state index in [2.05, 4.69) is 37.8 Å². The Morgan fingerprint density at radius 2 is 2.22 bits per heavy atom.